The molecule has 136 valence electrons. The molecule has 0 aliphatic heterocycles. The maximum absolute atomic E-state index is 13.5. The summed E-state index contributed by atoms with van der Waals surface area (Å²) in [4.78, 5) is -2.16. The van der Waals surface area contributed by atoms with Crippen LogP contribution in [0.2, 0.25) is 0 Å². The highest BCUT2D eigenvalue weighted by Gasteiger charge is 2.33. The Morgan fingerprint density at radius 3 is 1.52 bits per heavy atom. The third-order valence-corrected chi connectivity index (χ3v) is 4.37. The van der Waals surface area contributed by atoms with Gasteiger partial charge in [0.15, 0.2) is 45.6 Å². The fraction of sp³-hybridized carbons (Fsp3) is 0.0769. The van der Waals surface area contributed by atoms with Crippen LogP contribution in [0.3, 0.4) is 0 Å². The minimum Gasteiger partial charge on any atom is -0.207 e. The van der Waals surface area contributed by atoms with Crippen LogP contribution in [0.15, 0.2) is 17.0 Å². The highest BCUT2D eigenvalue weighted by atomic mass is 32.2. The summed E-state index contributed by atoms with van der Waals surface area (Å²) < 4.78 is 130. The number of benzene rings is 2. The molecule has 2 aromatic carbocycles. The molecule has 0 heterocycles. The summed E-state index contributed by atoms with van der Waals surface area (Å²) in [5.74, 6) is -17.9. The quantitative estimate of drug-likeness (QED) is 0.494. The number of sulfonamides is 1. The predicted octanol–water partition coefficient (Wildman–Crippen LogP) is 3.28. The summed E-state index contributed by atoms with van der Waals surface area (Å²) in [5.41, 5.74) is -0.510. The first-order valence-corrected chi connectivity index (χ1v) is 7.60. The van der Waals surface area contributed by atoms with Gasteiger partial charge in [0.2, 0.25) is 15.8 Å². The number of halogens is 8. The van der Waals surface area contributed by atoms with Gasteiger partial charge in [-0.1, -0.05) is 0 Å². The first kappa shape index (κ1) is 19.1. The van der Waals surface area contributed by atoms with Crippen molar-refractivity contribution in [3.8, 4) is 0 Å². The molecule has 0 amide bonds. The van der Waals surface area contributed by atoms with E-state index in [9.17, 15) is 43.5 Å². The van der Waals surface area contributed by atoms with Crippen LogP contribution in [0, 0.1) is 46.5 Å². The maximum Gasteiger partial charge on any atom is 0.246 e. The first-order valence-electron chi connectivity index (χ1n) is 6.12. The van der Waals surface area contributed by atoms with Crippen molar-refractivity contribution >= 4 is 10.0 Å². The molecule has 0 unspecified atom stereocenters. The summed E-state index contributed by atoms with van der Waals surface area (Å²) in [6.45, 7) is -1.02. The molecule has 0 aliphatic rings. The van der Waals surface area contributed by atoms with Crippen molar-refractivity contribution in [1.82, 2.24) is 4.72 Å². The van der Waals surface area contributed by atoms with Crippen molar-refractivity contribution in [2.24, 2.45) is 0 Å². The van der Waals surface area contributed by atoms with Gasteiger partial charge in [0.1, 0.15) is 0 Å². The van der Waals surface area contributed by atoms with Gasteiger partial charge >= 0.3 is 0 Å². The molecule has 2 rings (SSSR count). The lowest BCUT2D eigenvalue weighted by atomic mass is 10.2. The van der Waals surface area contributed by atoms with Gasteiger partial charge in [-0.3, -0.25) is 0 Å². The number of nitrogens with one attached hydrogen (secondary N) is 1. The average molecular weight is 391 g/mol. The maximum atomic E-state index is 13.5. The summed E-state index contributed by atoms with van der Waals surface area (Å²) in [6, 6.07) is 0.749. The molecule has 12 heteroatoms. The summed E-state index contributed by atoms with van der Waals surface area (Å²) in [6.07, 6.45) is 0. The Balaban J connectivity index is 2.42. The van der Waals surface area contributed by atoms with Crippen LogP contribution in [-0.4, -0.2) is 8.42 Å². The fourth-order valence-corrected chi connectivity index (χ4v) is 2.93. The molecule has 2 aromatic rings. The minimum atomic E-state index is -5.30. The van der Waals surface area contributed by atoms with Gasteiger partial charge in [0, 0.05) is 6.54 Å². The zero-order chi connectivity index (χ0) is 19.1. The van der Waals surface area contributed by atoms with E-state index < -0.39 is 73.6 Å². The van der Waals surface area contributed by atoms with Crippen molar-refractivity contribution in [2.45, 2.75) is 11.4 Å². The van der Waals surface area contributed by atoms with Crippen LogP contribution in [0.4, 0.5) is 35.1 Å². The molecule has 0 radical (unpaired) electrons. The van der Waals surface area contributed by atoms with E-state index in [2.05, 4.69) is 0 Å². The van der Waals surface area contributed by atoms with Crippen LogP contribution >= 0.6 is 0 Å². The Morgan fingerprint density at radius 1 is 0.680 bits per heavy atom. The number of hydrogen-bond donors (Lipinski definition) is 1. The highest BCUT2D eigenvalue weighted by Crippen LogP contribution is 2.26. The van der Waals surface area contributed by atoms with Crippen molar-refractivity contribution < 1.29 is 43.5 Å². The van der Waals surface area contributed by atoms with Gasteiger partial charge in [-0.2, -0.15) is 0 Å². The second kappa shape index (κ2) is 6.59. The Morgan fingerprint density at radius 2 is 1.08 bits per heavy atom. The smallest absolute Gasteiger partial charge is 0.207 e. The molecule has 0 spiro atoms. The highest BCUT2D eigenvalue weighted by molar-refractivity contribution is 7.89. The lowest BCUT2D eigenvalue weighted by Crippen LogP contribution is -2.27. The topological polar surface area (TPSA) is 46.2 Å². The van der Waals surface area contributed by atoms with Gasteiger partial charge < -0.3 is 0 Å². The molecule has 1 N–H and O–H groups in total. The van der Waals surface area contributed by atoms with Gasteiger partial charge in [-0.15, -0.1) is 0 Å². The molecular weight excluding hydrogens is 386 g/mol. The molecule has 0 fully saturated rings. The van der Waals surface area contributed by atoms with Crippen LogP contribution in [0.1, 0.15) is 5.56 Å². The Kier molecular flexibility index (Phi) is 5.04. The van der Waals surface area contributed by atoms with E-state index in [0.29, 0.717) is 12.1 Å². The monoisotopic (exact) mass is 391 g/mol. The number of rotatable bonds is 4. The van der Waals surface area contributed by atoms with Crippen LogP contribution < -0.4 is 4.72 Å². The van der Waals surface area contributed by atoms with Crippen LogP contribution in [0.25, 0.3) is 0 Å². The van der Waals surface area contributed by atoms with E-state index in [-0.39, 0.29) is 0 Å². The summed E-state index contributed by atoms with van der Waals surface area (Å²) in [7, 11) is -5.30. The van der Waals surface area contributed by atoms with Crippen LogP contribution in [0.5, 0.6) is 0 Å². The van der Waals surface area contributed by atoms with E-state index in [1.807, 2.05) is 0 Å². The molecule has 0 bridgehead atoms. The molecule has 25 heavy (non-hydrogen) atoms. The zero-order valence-corrected chi connectivity index (χ0v) is 12.4. The van der Waals surface area contributed by atoms with Gasteiger partial charge in [-0.05, 0) is 17.7 Å². The lowest BCUT2D eigenvalue weighted by Gasteiger charge is -2.11. The van der Waals surface area contributed by atoms with Crippen molar-refractivity contribution in [3.63, 3.8) is 0 Å². The lowest BCUT2D eigenvalue weighted by molar-refractivity contribution is 0.357. The normalized spacial score (nSPS) is 11.8. The zero-order valence-electron chi connectivity index (χ0n) is 11.6. The first-order chi connectivity index (χ1) is 11.5. The van der Waals surface area contributed by atoms with E-state index >= 15 is 0 Å². The van der Waals surface area contributed by atoms with E-state index in [1.54, 1.807) is 0 Å². The molecule has 0 saturated heterocycles. The molecular formula is C13H5F8NO2S. The molecule has 0 atom stereocenters. The second-order valence-corrected chi connectivity index (χ2v) is 6.30. The van der Waals surface area contributed by atoms with Gasteiger partial charge in [0.25, 0.3) is 0 Å². The summed E-state index contributed by atoms with van der Waals surface area (Å²) >= 11 is 0. The van der Waals surface area contributed by atoms with E-state index in [4.69, 9.17) is 0 Å². The largest absolute Gasteiger partial charge is 0.246 e. The molecule has 3 nitrogen and oxygen atoms in total. The second-order valence-electron chi connectivity index (χ2n) is 4.60. The molecule has 0 aromatic heterocycles. The van der Waals surface area contributed by atoms with Crippen LogP contribution in [-0.2, 0) is 16.6 Å². The third kappa shape index (κ3) is 3.44. The van der Waals surface area contributed by atoms with E-state index in [1.165, 1.54) is 4.72 Å². The Bertz CT molecular complexity index is 909. The minimum absolute atomic E-state index is 0.374. The van der Waals surface area contributed by atoms with Crippen molar-refractivity contribution in [3.05, 3.63) is 64.2 Å². The van der Waals surface area contributed by atoms with Gasteiger partial charge in [0.05, 0.1) is 0 Å². The fourth-order valence-electron chi connectivity index (χ4n) is 1.78. The van der Waals surface area contributed by atoms with Crippen molar-refractivity contribution in [1.29, 1.82) is 0 Å². The third-order valence-electron chi connectivity index (χ3n) is 2.95. The Labute approximate surface area is 134 Å². The SMILES string of the molecule is O=S(=O)(NCc1cc(F)c(F)c(F)c1)c1c(F)c(F)c(F)c(F)c1F. The summed E-state index contributed by atoms with van der Waals surface area (Å²) in [5, 5.41) is 0. The average Bonchev–Trinajstić information content (AvgIpc) is 2.54. The van der Waals surface area contributed by atoms with Gasteiger partial charge in [-0.25, -0.2) is 48.3 Å². The Hall–Kier alpha value is -2.21. The molecule has 0 aliphatic carbocycles. The predicted molar refractivity (Wildman–Crippen MR) is 66.6 cm³/mol. The molecule has 0 saturated carbocycles. The standard InChI is InChI=1S/C13H5F8NO2S/c14-5-1-4(2-6(15)7(5)16)3-22-25(23,24)13-11(20)9(18)8(17)10(19)12(13)21/h1-2,22H,3H2. The van der Waals surface area contributed by atoms with E-state index in [0.717, 1.165) is 0 Å². The number of hydrogen-bond acceptors (Lipinski definition) is 2. The van der Waals surface area contributed by atoms with Crippen molar-refractivity contribution in [2.75, 3.05) is 0 Å².